The lowest BCUT2D eigenvalue weighted by Gasteiger charge is -2.59. The Balaban J connectivity index is 1.09. The fourth-order valence-corrected chi connectivity index (χ4v) is 6.42. The van der Waals surface area contributed by atoms with Gasteiger partial charge in [-0.2, -0.15) is 4.98 Å². The van der Waals surface area contributed by atoms with Crippen molar-refractivity contribution in [3.63, 3.8) is 0 Å². The number of anilines is 4. The summed E-state index contributed by atoms with van der Waals surface area (Å²) in [6.45, 7) is 5.13. The molecule has 0 atom stereocenters. The Labute approximate surface area is 262 Å². The molecule has 0 unspecified atom stereocenters. The van der Waals surface area contributed by atoms with Gasteiger partial charge in [-0.05, 0) is 30.3 Å². The average Bonchev–Trinajstić information content (AvgIpc) is 3.36. The first-order chi connectivity index (χ1) is 22.1. The average molecular weight is 640 g/mol. The van der Waals surface area contributed by atoms with Crippen LogP contribution in [0.5, 0.6) is 5.75 Å². The Morgan fingerprint density at radius 2 is 1.83 bits per heavy atom. The molecule has 0 amide bonds. The third-order valence-corrected chi connectivity index (χ3v) is 8.67. The molecule has 3 aromatic heterocycles. The van der Waals surface area contributed by atoms with Crippen molar-refractivity contribution in [3.8, 4) is 28.3 Å². The number of halogens is 4. The number of nitrogen functional groups attached to an aromatic ring is 1. The van der Waals surface area contributed by atoms with Crippen LogP contribution in [0.15, 0.2) is 42.7 Å². The van der Waals surface area contributed by atoms with Crippen molar-refractivity contribution in [1.82, 2.24) is 29.6 Å². The first-order valence-electron chi connectivity index (χ1n) is 15.0. The number of alkyl halides is 2. The minimum absolute atomic E-state index is 0.00966. The minimum atomic E-state index is -2.59. The monoisotopic (exact) mass is 639 g/mol. The number of nitrogens with one attached hydrogen (secondary N) is 1. The second-order valence-electron chi connectivity index (χ2n) is 12.2. The van der Waals surface area contributed by atoms with E-state index in [0.29, 0.717) is 74.0 Å². The number of benzene rings is 1. The molecule has 3 fully saturated rings. The van der Waals surface area contributed by atoms with Gasteiger partial charge in [-0.25, -0.2) is 32.2 Å². The molecule has 1 aliphatic carbocycles. The van der Waals surface area contributed by atoms with E-state index in [4.69, 9.17) is 15.2 Å². The second kappa shape index (κ2) is 11.7. The van der Waals surface area contributed by atoms with Gasteiger partial charge in [0.25, 0.3) is 0 Å². The van der Waals surface area contributed by atoms with Crippen LogP contribution in [0.1, 0.15) is 12.8 Å². The first kappa shape index (κ1) is 30.2. The van der Waals surface area contributed by atoms with Crippen LogP contribution in [0.25, 0.3) is 22.5 Å². The fourth-order valence-electron chi connectivity index (χ4n) is 6.42. The number of pyridine rings is 2. The van der Waals surface area contributed by atoms with Crippen molar-refractivity contribution in [3.05, 3.63) is 54.4 Å². The first-order valence-corrected chi connectivity index (χ1v) is 15.0. The van der Waals surface area contributed by atoms with E-state index < -0.39 is 17.6 Å². The van der Waals surface area contributed by atoms with Crippen LogP contribution < -0.4 is 20.7 Å². The molecule has 2 saturated heterocycles. The molecular formula is C31H33F4N9O2. The molecule has 7 rings (SSSR count). The van der Waals surface area contributed by atoms with Gasteiger partial charge in [0.1, 0.15) is 12.4 Å². The lowest BCUT2D eigenvalue weighted by atomic mass is 9.61. The smallest absolute Gasteiger partial charge is 0.249 e. The maximum Gasteiger partial charge on any atom is 0.249 e. The van der Waals surface area contributed by atoms with Gasteiger partial charge in [0, 0.05) is 92.8 Å². The van der Waals surface area contributed by atoms with Crippen LogP contribution in [-0.4, -0.2) is 88.1 Å². The predicted molar refractivity (Wildman–Crippen MR) is 163 cm³/mol. The highest BCUT2D eigenvalue weighted by Crippen LogP contribution is 2.57. The Morgan fingerprint density at radius 3 is 2.57 bits per heavy atom. The Hall–Kier alpha value is -4.50. The molecule has 1 saturated carbocycles. The molecule has 0 radical (unpaired) electrons. The van der Waals surface area contributed by atoms with Crippen molar-refractivity contribution in [2.24, 2.45) is 12.5 Å². The highest BCUT2D eigenvalue weighted by atomic mass is 19.3. The maximum atomic E-state index is 15.1. The van der Waals surface area contributed by atoms with E-state index in [1.807, 2.05) is 11.0 Å². The van der Waals surface area contributed by atoms with Crippen molar-refractivity contribution in [1.29, 1.82) is 0 Å². The molecule has 242 valence electrons. The zero-order valence-corrected chi connectivity index (χ0v) is 25.1. The number of nitrogens with two attached hydrogens (primary N) is 1. The number of rotatable bonds is 9. The number of ether oxygens (including phenoxy) is 2. The Bertz CT molecular complexity index is 1750. The zero-order valence-electron chi connectivity index (χ0n) is 25.1. The van der Waals surface area contributed by atoms with E-state index in [2.05, 4.69) is 30.3 Å². The third kappa shape index (κ3) is 5.91. The number of nitrogens with zero attached hydrogens (tertiary/aromatic N) is 7. The quantitative estimate of drug-likeness (QED) is 0.254. The van der Waals surface area contributed by atoms with Crippen LogP contribution in [0, 0.1) is 17.0 Å². The highest BCUT2D eigenvalue weighted by molar-refractivity contribution is 5.71. The summed E-state index contributed by atoms with van der Waals surface area (Å²) in [7, 11) is 1.69. The lowest BCUT2D eigenvalue weighted by Crippen LogP contribution is -2.66. The Morgan fingerprint density at radius 1 is 1.04 bits per heavy atom. The zero-order chi connectivity index (χ0) is 32.1. The minimum Gasteiger partial charge on any atom is -0.488 e. The van der Waals surface area contributed by atoms with Crippen molar-refractivity contribution < 1.29 is 27.0 Å². The summed E-state index contributed by atoms with van der Waals surface area (Å²) < 4.78 is 69.9. The highest BCUT2D eigenvalue weighted by Gasteiger charge is 2.62. The molecule has 11 nitrogen and oxygen atoms in total. The van der Waals surface area contributed by atoms with Gasteiger partial charge in [0.15, 0.2) is 29.0 Å². The van der Waals surface area contributed by atoms with Crippen LogP contribution in [-0.2, 0) is 11.8 Å². The molecule has 1 aromatic carbocycles. The standard InChI is InChI=1S/C31H33F4N9O2/c1-42-29(39-20-2-3-21(23(32)13-20)22-4-5-37-26(36)25(22)33)40-27(41-42)19-12-24(46-11-8-43-6-9-45-10-7-43)28(38-14-19)44-17-30(18-44)15-31(34,35)16-30/h2-5,12-14H,6-11,15-18H2,1H3,(H2,36,37)(H,39,40,41). The van der Waals surface area contributed by atoms with E-state index in [0.717, 1.165) is 13.1 Å². The van der Waals surface area contributed by atoms with Gasteiger partial charge in [0.2, 0.25) is 11.9 Å². The number of aromatic nitrogens is 5. The van der Waals surface area contributed by atoms with E-state index in [1.165, 1.54) is 29.1 Å². The summed E-state index contributed by atoms with van der Waals surface area (Å²) in [6.07, 6.45) is 2.75. The number of hydrogen-bond donors (Lipinski definition) is 2. The molecule has 2 aliphatic heterocycles. The van der Waals surface area contributed by atoms with Gasteiger partial charge in [-0.1, -0.05) is 0 Å². The van der Waals surface area contributed by atoms with Gasteiger partial charge in [-0.15, -0.1) is 5.10 Å². The molecule has 15 heteroatoms. The summed E-state index contributed by atoms with van der Waals surface area (Å²) in [5, 5.41) is 7.57. The second-order valence-corrected chi connectivity index (χ2v) is 12.2. The van der Waals surface area contributed by atoms with E-state index in [1.54, 1.807) is 19.3 Å². The molecule has 1 spiro atoms. The normalized spacial score (nSPS) is 18.7. The molecule has 0 bridgehead atoms. The van der Waals surface area contributed by atoms with Crippen molar-refractivity contribution >= 4 is 23.3 Å². The molecule has 4 aromatic rings. The lowest BCUT2D eigenvalue weighted by molar-refractivity contribution is -0.170. The summed E-state index contributed by atoms with van der Waals surface area (Å²) in [5.41, 5.74) is 6.20. The van der Waals surface area contributed by atoms with Crippen LogP contribution >= 0.6 is 0 Å². The third-order valence-electron chi connectivity index (χ3n) is 8.67. The molecular weight excluding hydrogens is 606 g/mol. The van der Waals surface area contributed by atoms with Crippen LogP contribution in [0.3, 0.4) is 0 Å². The SMILES string of the molecule is Cn1nc(-c2cnc(N3CC4(C3)CC(F)(F)C4)c(OCCN3CCOCC3)c2)nc1Nc1ccc(-c2ccnc(N)c2F)c(F)c1. The number of morpholine rings is 1. The largest absolute Gasteiger partial charge is 0.488 e. The van der Waals surface area contributed by atoms with E-state index in [9.17, 15) is 13.2 Å². The van der Waals surface area contributed by atoms with Crippen LogP contribution in [0.2, 0.25) is 0 Å². The summed E-state index contributed by atoms with van der Waals surface area (Å²) >= 11 is 0. The van der Waals surface area contributed by atoms with Gasteiger partial charge >= 0.3 is 0 Å². The maximum absolute atomic E-state index is 15.1. The summed E-state index contributed by atoms with van der Waals surface area (Å²) in [5.74, 6) is -2.54. The summed E-state index contributed by atoms with van der Waals surface area (Å²) in [4.78, 5) is 17.2. The van der Waals surface area contributed by atoms with E-state index >= 15 is 4.39 Å². The number of hydrogen-bond acceptors (Lipinski definition) is 10. The van der Waals surface area contributed by atoms with Gasteiger partial charge in [-0.3, -0.25) is 4.90 Å². The predicted octanol–water partition coefficient (Wildman–Crippen LogP) is 4.49. The van der Waals surface area contributed by atoms with Crippen molar-refractivity contribution in [2.75, 3.05) is 68.5 Å². The topological polar surface area (TPSA) is 119 Å². The molecule has 5 heterocycles. The van der Waals surface area contributed by atoms with Crippen LogP contribution in [0.4, 0.5) is 40.8 Å². The summed E-state index contributed by atoms with van der Waals surface area (Å²) in [6, 6.07) is 7.44. The molecule has 3 aliphatic rings. The van der Waals surface area contributed by atoms with Gasteiger partial charge < -0.3 is 25.4 Å². The van der Waals surface area contributed by atoms with Crippen molar-refractivity contribution in [2.45, 2.75) is 18.8 Å². The fraction of sp³-hybridized carbons (Fsp3) is 0.419. The number of aryl methyl sites for hydroxylation is 1. The molecule has 3 N–H and O–H groups in total. The molecule has 46 heavy (non-hydrogen) atoms. The Kier molecular flexibility index (Phi) is 7.67. The van der Waals surface area contributed by atoms with E-state index in [-0.39, 0.29) is 35.2 Å². The van der Waals surface area contributed by atoms with Gasteiger partial charge in [0.05, 0.1) is 13.2 Å².